The monoisotopic (exact) mass is 243 g/mol. The van der Waals surface area contributed by atoms with E-state index < -0.39 is 0 Å². The Morgan fingerprint density at radius 3 is 2.06 bits per heavy atom. The van der Waals surface area contributed by atoms with Gasteiger partial charge >= 0.3 is 0 Å². The number of rotatable bonds is 11. The smallest absolute Gasteiger partial charge is 0.108 e. The molecular formula is C12H25N3O2. The molecule has 100 valence electrons. The van der Waals surface area contributed by atoms with Crippen molar-refractivity contribution in [2.75, 3.05) is 53.1 Å². The summed E-state index contributed by atoms with van der Waals surface area (Å²) in [5.74, 6) is 0. The molecule has 0 aliphatic heterocycles. The van der Waals surface area contributed by atoms with Gasteiger partial charge in [-0.05, 0) is 20.9 Å². The van der Waals surface area contributed by atoms with Gasteiger partial charge in [0.05, 0.1) is 19.3 Å². The zero-order valence-electron chi connectivity index (χ0n) is 11.2. The second kappa shape index (κ2) is 11.8. The van der Waals surface area contributed by atoms with Crippen molar-refractivity contribution in [2.24, 2.45) is 0 Å². The Kier molecular flexibility index (Phi) is 11.3. The molecule has 17 heavy (non-hydrogen) atoms. The summed E-state index contributed by atoms with van der Waals surface area (Å²) in [7, 11) is 1.80. The third-order valence-electron chi connectivity index (χ3n) is 2.46. The van der Waals surface area contributed by atoms with E-state index in [4.69, 9.17) is 14.7 Å². The number of nitrogens with zero attached hydrogens (tertiary/aromatic N) is 2. The molecule has 1 atom stereocenters. The fourth-order valence-corrected chi connectivity index (χ4v) is 1.43. The molecule has 0 aromatic carbocycles. The molecule has 0 aromatic rings. The van der Waals surface area contributed by atoms with Crippen molar-refractivity contribution >= 4 is 0 Å². The molecule has 0 radical (unpaired) electrons. The molecular weight excluding hydrogens is 218 g/mol. The Balaban J connectivity index is 3.95. The number of nitrogens with one attached hydrogen (secondary N) is 1. The van der Waals surface area contributed by atoms with E-state index in [1.165, 1.54) is 0 Å². The van der Waals surface area contributed by atoms with E-state index in [0.717, 1.165) is 26.3 Å². The predicted molar refractivity (Wildman–Crippen MR) is 67.9 cm³/mol. The third-order valence-corrected chi connectivity index (χ3v) is 2.46. The molecule has 0 amide bonds. The summed E-state index contributed by atoms with van der Waals surface area (Å²) < 4.78 is 10.7. The first-order chi connectivity index (χ1) is 8.28. The summed E-state index contributed by atoms with van der Waals surface area (Å²) in [6.45, 7) is 9.19. The van der Waals surface area contributed by atoms with Gasteiger partial charge in [0.15, 0.2) is 0 Å². The van der Waals surface area contributed by atoms with E-state index in [9.17, 15) is 0 Å². The lowest BCUT2D eigenvalue weighted by atomic mass is 10.3. The average molecular weight is 243 g/mol. The molecule has 0 rings (SSSR count). The SMILES string of the molecule is CCOCCN(CCOCC)CC(C#N)NC. The summed E-state index contributed by atoms with van der Waals surface area (Å²) in [5.41, 5.74) is 0. The number of hydrogen-bond donors (Lipinski definition) is 1. The predicted octanol–water partition coefficient (Wildman–Crippen LogP) is 0.473. The van der Waals surface area contributed by atoms with Gasteiger partial charge in [-0.15, -0.1) is 0 Å². The van der Waals surface area contributed by atoms with Crippen LogP contribution in [0.2, 0.25) is 0 Å². The highest BCUT2D eigenvalue weighted by Gasteiger charge is 2.11. The van der Waals surface area contributed by atoms with Crippen molar-refractivity contribution in [2.45, 2.75) is 19.9 Å². The molecule has 0 saturated heterocycles. The molecule has 5 heteroatoms. The molecule has 0 saturated carbocycles. The lowest BCUT2D eigenvalue weighted by Gasteiger charge is -2.24. The van der Waals surface area contributed by atoms with Crippen LogP contribution in [0.5, 0.6) is 0 Å². The maximum absolute atomic E-state index is 8.92. The summed E-state index contributed by atoms with van der Waals surface area (Å²) in [6, 6.07) is 2.09. The van der Waals surface area contributed by atoms with Crippen molar-refractivity contribution in [3.63, 3.8) is 0 Å². The minimum Gasteiger partial charge on any atom is -0.380 e. The Labute approximate surface area is 105 Å². The molecule has 0 aliphatic rings. The van der Waals surface area contributed by atoms with Gasteiger partial charge in [-0.3, -0.25) is 4.90 Å². The lowest BCUT2D eigenvalue weighted by Crippen LogP contribution is -2.41. The molecule has 5 nitrogen and oxygen atoms in total. The van der Waals surface area contributed by atoms with Crippen LogP contribution in [0.4, 0.5) is 0 Å². The van der Waals surface area contributed by atoms with Crippen LogP contribution in [-0.2, 0) is 9.47 Å². The standard InChI is InChI=1S/C12H25N3O2/c1-4-16-8-6-15(7-9-17-5-2)11-12(10-13)14-3/h12,14H,4-9,11H2,1-3H3. The van der Waals surface area contributed by atoms with Gasteiger partial charge in [0.25, 0.3) is 0 Å². The van der Waals surface area contributed by atoms with Crippen LogP contribution in [0.3, 0.4) is 0 Å². The Morgan fingerprint density at radius 2 is 1.71 bits per heavy atom. The Bertz CT molecular complexity index is 196. The fraction of sp³-hybridized carbons (Fsp3) is 0.917. The average Bonchev–Trinajstić information content (AvgIpc) is 2.35. The third kappa shape index (κ3) is 9.07. The second-order valence-electron chi connectivity index (χ2n) is 3.66. The molecule has 0 aromatic heterocycles. The number of likely N-dealkylation sites (N-methyl/N-ethyl adjacent to an activating group) is 1. The van der Waals surface area contributed by atoms with Crippen molar-refractivity contribution < 1.29 is 9.47 Å². The van der Waals surface area contributed by atoms with Crippen molar-refractivity contribution in [1.82, 2.24) is 10.2 Å². The molecule has 0 aliphatic carbocycles. The van der Waals surface area contributed by atoms with E-state index >= 15 is 0 Å². The van der Waals surface area contributed by atoms with Crippen molar-refractivity contribution in [3.8, 4) is 6.07 Å². The van der Waals surface area contributed by atoms with Crippen LogP contribution >= 0.6 is 0 Å². The first-order valence-corrected chi connectivity index (χ1v) is 6.23. The maximum Gasteiger partial charge on any atom is 0.108 e. The highest BCUT2D eigenvalue weighted by atomic mass is 16.5. The molecule has 0 spiro atoms. The summed E-state index contributed by atoms with van der Waals surface area (Å²) in [6.07, 6.45) is 0. The van der Waals surface area contributed by atoms with Gasteiger partial charge in [-0.2, -0.15) is 5.26 Å². The highest BCUT2D eigenvalue weighted by Crippen LogP contribution is 1.93. The molecule has 0 fully saturated rings. The van der Waals surface area contributed by atoms with Crippen LogP contribution in [-0.4, -0.2) is 64.1 Å². The van der Waals surface area contributed by atoms with E-state index in [0.29, 0.717) is 19.8 Å². The molecule has 1 unspecified atom stereocenters. The van der Waals surface area contributed by atoms with Crippen molar-refractivity contribution in [3.05, 3.63) is 0 Å². The maximum atomic E-state index is 8.92. The number of hydrogen-bond acceptors (Lipinski definition) is 5. The van der Waals surface area contributed by atoms with E-state index in [1.54, 1.807) is 7.05 Å². The van der Waals surface area contributed by atoms with Gasteiger partial charge in [-0.1, -0.05) is 0 Å². The van der Waals surface area contributed by atoms with Gasteiger partial charge in [0.2, 0.25) is 0 Å². The van der Waals surface area contributed by atoms with Gasteiger partial charge in [0, 0.05) is 32.8 Å². The van der Waals surface area contributed by atoms with Crippen LogP contribution < -0.4 is 5.32 Å². The van der Waals surface area contributed by atoms with E-state index in [2.05, 4.69) is 16.3 Å². The fourth-order valence-electron chi connectivity index (χ4n) is 1.43. The number of ether oxygens (including phenoxy) is 2. The highest BCUT2D eigenvalue weighted by molar-refractivity contribution is 4.91. The molecule has 1 N–H and O–H groups in total. The zero-order valence-corrected chi connectivity index (χ0v) is 11.2. The Hall–Kier alpha value is -0.670. The van der Waals surface area contributed by atoms with Crippen LogP contribution in [0.15, 0.2) is 0 Å². The van der Waals surface area contributed by atoms with Gasteiger partial charge in [0.1, 0.15) is 6.04 Å². The quantitative estimate of drug-likeness (QED) is 0.535. The Morgan fingerprint density at radius 1 is 1.18 bits per heavy atom. The number of nitriles is 1. The summed E-state index contributed by atoms with van der Waals surface area (Å²) in [4.78, 5) is 2.19. The molecule has 0 bridgehead atoms. The van der Waals surface area contributed by atoms with Gasteiger partial charge < -0.3 is 14.8 Å². The topological polar surface area (TPSA) is 57.5 Å². The second-order valence-corrected chi connectivity index (χ2v) is 3.66. The van der Waals surface area contributed by atoms with Crippen LogP contribution in [0.25, 0.3) is 0 Å². The lowest BCUT2D eigenvalue weighted by molar-refractivity contribution is 0.0811. The molecule has 0 heterocycles. The summed E-state index contributed by atoms with van der Waals surface area (Å²) in [5, 5.41) is 11.9. The zero-order chi connectivity index (χ0) is 12.9. The van der Waals surface area contributed by atoms with Crippen LogP contribution in [0.1, 0.15) is 13.8 Å². The van der Waals surface area contributed by atoms with Crippen LogP contribution in [0, 0.1) is 11.3 Å². The minimum atomic E-state index is -0.141. The minimum absolute atomic E-state index is 0.141. The normalized spacial score (nSPS) is 12.6. The van der Waals surface area contributed by atoms with Gasteiger partial charge in [-0.25, -0.2) is 0 Å². The first kappa shape index (κ1) is 16.3. The van der Waals surface area contributed by atoms with Crippen molar-refractivity contribution in [1.29, 1.82) is 5.26 Å². The first-order valence-electron chi connectivity index (χ1n) is 6.23. The summed E-state index contributed by atoms with van der Waals surface area (Å²) >= 11 is 0. The largest absolute Gasteiger partial charge is 0.380 e. The van der Waals surface area contributed by atoms with E-state index in [-0.39, 0.29) is 6.04 Å². The van der Waals surface area contributed by atoms with E-state index in [1.807, 2.05) is 13.8 Å².